The Kier molecular flexibility index (Phi) is 9.29. The zero-order valence-electron chi connectivity index (χ0n) is 10.8. The lowest BCUT2D eigenvalue weighted by atomic mass is 9.80. The fourth-order valence-corrected chi connectivity index (χ4v) is 2.49. The summed E-state index contributed by atoms with van der Waals surface area (Å²) in [5, 5.41) is 0. The van der Waals surface area contributed by atoms with Gasteiger partial charge in [-0.1, -0.05) is 45.8 Å². The maximum absolute atomic E-state index is 4.64. The fourth-order valence-electron chi connectivity index (χ4n) is 2.49. The average molecular weight is 231 g/mol. The molecule has 2 atom stereocenters. The molecule has 0 spiro atoms. The Morgan fingerprint density at radius 3 is 2.40 bits per heavy atom. The zero-order valence-corrected chi connectivity index (χ0v) is 11.6. The van der Waals surface area contributed by atoms with E-state index >= 15 is 0 Å². The van der Waals surface area contributed by atoms with E-state index in [2.05, 4.69) is 44.5 Å². The first-order valence-electron chi connectivity index (χ1n) is 6.30. The van der Waals surface area contributed by atoms with Gasteiger partial charge >= 0.3 is 0 Å². The monoisotopic (exact) mass is 230 g/mol. The van der Waals surface area contributed by atoms with Gasteiger partial charge in [-0.25, -0.2) is 0 Å². The molecular weight excluding hydrogens is 204 g/mol. The molecule has 0 N–H and O–H groups in total. The van der Waals surface area contributed by atoms with E-state index in [-0.39, 0.29) is 0 Å². The summed E-state index contributed by atoms with van der Waals surface area (Å²) in [6, 6.07) is 0. The fraction of sp³-hybridized carbons (Fsp3) is 0.857. The summed E-state index contributed by atoms with van der Waals surface area (Å²) in [4.78, 5) is 0. The lowest BCUT2D eigenvalue weighted by Gasteiger charge is -2.26. The molecule has 0 heterocycles. The van der Waals surface area contributed by atoms with Crippen molar-refractivity contribution in [1.29, 1.82) is 0 Å². The van der Waals surface area contributed by atoms with Gasteiger partial charge in [0.1, 0.15) is 0 Å². The van der Waals surface area contributed by atoms with Crippen molar-refractivity contribution in [3.8, 4) is 0 Å². The molecule has 90 valence electrons. The third kappa shape index (κ3) is 5.61. The van der Waals surface area contributed by atoms with Crippen LogP contribution in [0, 0.1) is 17.8 Å². The lowest BCUT2D eigenvalue weighted by Crippen LogP contribution is -2.17. The molecule has 0 saturated heterocycles. The van der Waals surface area contributed by atoms with Crippen molar-refractivity contribution in [2.75, 3.05) is 6.38 Å². The Balaban J connectivity index is 0.000000921. The van der Waals surface area contributed by atoms with E-state index in [9.17, 15) is 0 Å². The largest absolute Gasteiger partial charge is 0.130 e. The van der Waals surface area contributed by atoms with Crippen LogP contribution in [-0.2, 0) is 0 Å². The van der Waals surface area contributed by atoms with Gasteiger partial charge in [0.15, 0.2) is 0 Å². The van der Waals surface area contributed by atoms with E-state index < -0.39 is 0 Å². The van der Waals surface area contributed by atoms with E-state index in [1.54, 1.807) is 0 Å². The van der Waals surface area contributed by atoms with Crippen LogP contribution >= 0.6 is 11.6 Å². The van der Waals surface area contributed by atoms with Gasteiger partial charge in [0, 0.05) is 6.38 Å². The summed E-state index contributed by atoms with van der Waals surface area (Å²) in [6.45, 7) is 7.06. The summed E-state index contributed by atoms with van der Waals surface area (Å²) >= 11 is 4.64. The van der Waals surface area contributed by atoms with Crippen molar-refractivity contribution in [2.45, 2.75) is 52.9 Å². The van der Waals surface area contributed by atoms with Gasteiger partial charge in [0.05, 0.1) is 0 Å². The molecule has 0 aromatic heterocycles. The van der Waals surface area contributed by atoms with E-state index in [4.69, 9.17) is 0 Å². The minimum Gasteiger partial charge on any atom is -0.130 e. The number of allylic oxidation sites excluding steroid dienone is 2. The van der Waals surface area contributed by atoms with Crippen LogP contribution in [0.3, 0.4) is 0 Å². The van der Waals surface area contributed by atoms with Crippen molar-refractivity contribution in [3.05, 3.63) is 12.2 Å². The topological polar surface area (TPSA) is 0 Å². The smallest absolute Gasteiger partial charge is 0.0108 e. The Morgan fingerprint density at radius 1 is 1.33 bits per heavy atom. The number of hydrogen-bond donors (Lipinski definition) is 0. The van der Waals surface area contributed by atoms with Crippen LogP contribution in [0.15, 0.2) is 12.2 Å². The Morgan fingerprint density at radius 2 is 2.00 bits per heavy atom. The van der Waals surface area contributed by atoms with E-state index in [0.29, 0.717) is 0 Å². The van der Waals surface area contributed by atoms with Crippen LogP contribution < -0.4 is 0 Å². The highest BCUT2D eigenvalue weighted by Crippen LogP contribution is 2.33. The van der Waals surface area contributed by atoms with Crippen LogP contribution in [0.2, 0.25) is 0 Å². The highest BCUT2D eigenvalue weighted by Gasteiger charge is 2.23. The first-order chi connectivity index (χ1) is 7.25. The molecule has 1 heteroatoms. The standard InChI is InChI=1S/C13H24.CH3Cl/c1-4-5-10-13(11(2)3)12-8-6-7-9-12;1-2/h6,8,11-13H,4-5,7,9-10H2,1-3H3;1H3. The second-order valence-electron chi connectivity index (χ2n) is 4.72. The molecule has 1 aliphatic rings. The minimum absolute atomic E-state index is 0.860. The molecule has 0 aromatic rings. The van der Waals surface area contributed by atoms with Crippen LogP contribution in [0.1, 0.15) is 52.9 Å². The summed E-state index contributed by atoms with van der Waals surface area (Å²) in [7, 11) is 0. The zero-order chi connectivity index (χ0) is 11.7. The van der Waals surface area contributed by atoms with Crippen molar-refractivity contribution in [3.63, 3.8) is 0 Å². The Hall–Kier alpha value is 0.0300. The SMILES string of the molecule is CCCCC(C(C)C)C1C=CCC1.CCl. The number of hydrogen-bond acceptors (Lipinski definition) is 0. The van der Waals surface area contributed by atoms with Crippen LogP contribution in [-0.4, -0.2) is 6.38 Å². The summed E-state index contributed by atoms with van der Waals surface area (Å²) in [5.41, 5.74) is 0. The molecule has 0 fully saturated rings. The molecule has 2 unspecified atom stereocenters. The molecule has 15 heavy (non-hydrogen) atoms. The highest BCUT2D eigenvalue weighted by molar-refractivity contribution is 6.15. The first kappa shape index (κ1) is 15.0. The van der Waals surface area contributed by atoms with Crippen molar-refractivity contribution in [1.82, 2.24) is 0 Å². The molecule has 0 saturated carbocycles. The van der Waals surface area contributed by atoms with Gasteiger partial charge in [0.25, 0.3) is 0 Å². The minimum atomic E-state index is 0.860. The summed E-state index contributed by atoms with van der Waals surface area (Å²) in [5.74, 6) is 2.70. The van der Waals surface area contributed by atoms with Crippen LogP contribution in [0.4, 0.5) is 0 Å². The quantitative estimate of drug-likeness (QED) is 0.446. The number of rotatable bonds is 5. The van der Waals surface area contributed by atoms with E-state index in [0.717, 1.165) is 17.8 Å². The van der Waals surface area contributed by atoms with Gasteiger partial charge in [0.2, 0.25) is 0 Å². The highest BCUT2D eigenvalue weighted by atomic mass is 35.5. The third-order valence-electron chi connectivity index (χ3n) is 3.35. The van der Waals surface area contributed by atoms with Crippen molar-refractivity contribution in [2.24, 2.45) is 17.8 Å². The lowest BCUT2D eigenvalue weighted by molar-refractivity contribution is 0.268. The van der Waals surface area contributed by atoms with Gasteiger partial charge in [-0.05, 0) is 37.0 Å². The predicted octanol–water partition coefficient (Wildman–Crippen LogP) is 5.27. The van der Waals surface area contributed by atoms with Gasteiger partial charge in [-0.15, -0.1) is 11.6 Å². The average Bonchev–Trinajstić information content (AvgIpc) is 2.74. The molecule has 1 aliphatic carbocycles. The van der Waals surface area contributed by atoms with Gasteiger partial charge < -0.3 is 0 Å². The molecule has 0 aliphatic heterocycles. The number of alkyl halides is 1. The van der Waals surface area contributed by atoms with Gasteiger partial charge in [-0.3, -0.25) is 0 Å². The first-order valence-corrected chi connectivity index (χ1v) is 7.05. The second kappa shape index (κ2) is 9.27. The maximum atomic E-state index is 4.64. The molecular formula is C14H27Cl. The summed E-state index contributed by atoms with van der Waals surface area (Å²) < 4.78 is 0. The molecule has 0 aromatic carbocycles. The third-order valence-corrected chi connectivity index (χ3v) is 3.35. The van der Waals surface area contributed by atoms with E-state index in [1.165, 1.54) is 38.5 Å². The molecule has 0 nitrogen and oxygen atoms in total. The molecule has 0 bridgehead atoms. The normalized spacial score (nSPS) is 21.3. The second-order valence-corrected chi connectivity index (χ2v) is 4.72. The van der Waals surface area contributed by atoms with Crippen LogP contribution in [0.25, 0.3) is 0 Å². The Labute approximate surface area is 101 Å². The number of halogens is 1. The molecule has 0 amide bonds. The molecule has 0 radical (unpaired) electrons. The van der Waals surface area contributed by atoms with Crippen molar-refractivity contribution < 1.29 is 0 Å². The van der Waals surface area contributed by atoms with Crippen LogP contribution in [0.5, 0.6) is 0 Å². The molecule has 1 rings (SSSR count). The number of unbranched alkanes of at least 4 members (excludes halogenated alkanes) is 1. The van der Waals surface area contributed by atoms with E-state index in [1.807, 2.05) is 0 Å². The maximum Gasteiger partial charge on any atom is 0.0108 e. The van der Waals surface area contributed by atoms with Crippen molar-refractivity contribution >= 4 is 11.6 Å². The van der Waals surface area contributed by atoms with Gasteiger partial charge in [-0.2, -0.15) is 0 Å². The Bertz CT molecular complexity index is 161. The summed E-state index contributed by atoms with van der Waals surface area (Å²) in [6.07, 6.45) is 13.2. The predicted molar refractivity (Wildman–Crippen MR) is 71.5 cm³/mol.